The Balaban J connectivity index is 1.26. The Morgan fingerprint density at radius 3 is 2.58 bits per heavy atom. The van der Waals surface area contributed by atoms with E-state index in [0.29, 0.717) is 0 Å². The Morgan fingerprint density at radius 2 is 1.78 bits per heavy atom. The van der Waals surface area contributed by atoms with Crippen molar-refractivity contribution in [2.24, 2.45) is 0 Å². The molecule has 0 aliphatic carbocycles. The lowest BCUT2D eigenvalue weighted by Gasteiger charge is -2.30. The van der Waals surface area contributed by atoms with E-state index in [1.54, 1.807) is 12.4 Å². The summed E-state index contributed by atoms with van der Waals surface area (Å²) < 4.78 is 0. The van der Waals surface area contributed by atoms with E-state index in [9.17, 15) is 9.59 Å². The Hall–Kier alpha value is -4.04. The van der Waals surface area contributed by atoms with Gasteiger partial charge in [0.25, 0.3) is 5.91 Å². The van der Waals surface area contributed by atoms with E-state index >= 15 is 0 Å². The molecule has 1 aliphatic rings. The van der Waals surface area contributed by atoms with Crippen LogP contribution in [-0.4, -0.2) is 34.9 Å². The van der Waals surface area contributed by atoms with Crippen molar-refractivity contribution in [1.82, 2.24) is 20.8 Å². The van der Waals surface area contributed by atoms with Crippen molar-refractivity contribution in [3.05, 3.63) is 89.1 Å². The lowest BCUT2D eigenvalue weighted by atomic mass is 10.0. The zero-order chi connectivity index (χ0) is 24.9. The van der Waals surface area contributed by atoms with Crippen molar-refractivity contribution in [1.29, 1.82) is 0 Å². The molecule has 182 valence electrons. The Bertz CT molecular complexity index is 1370. The topological polar surface area (TPSA) is 87.2 Å². The van der Waals surface area contributed by atoms with Gasteiger partial charge in [0.15, 0.2) is 0 Å². The van der Waals surface area contributed by atoms with Crippen LogP contribution in [0.4, 0.5) is 5.69 Å². The third kappa shape index (κ3) is 5.44. The van der Waals surface area contributed by atoms with Gasteiger partial charge in [-0.2, -0.15) is 0 Å². The molecule has 36 heavy (non-hydrogen) atoms. The number of thiazole rings is 1. The summed E-state index contributed by atoms with van der Waals surface area (Å²) in [6.45, 7) is 3.04. The Labute approximate surface area is 214 Å². The van der Waals surface area contributed by atoms with Crippen molar-refractivity contribution in [3.63, 3.8) is 0 Å². The lowest BCUT2D eigenvalue weighted by Crippen LogP contribution is -2.47. The molecule has 0 saturated heterocycles. The molecule has 0 unspecified atom stereocenters. The van der Waals surface area contributed by atoms with Crippen LogP contribution in [0.2, 0.25) is 0 Å². The molecule has 8 heteroatoms. The summed E-state index contributed by atoms with van der Waals surface area (Å²) in [4.78, 5) is 37.3. The predicted molar refractivity (Wildman–Crippen MR) is 142 cm³/mol. The third-order valence-corrected chi connectivity index (χ3v) is 7.24. The predicted octanol–water partition coefficient (Wildman–Crippen LogP) is 4.32. The van der Waals surface area contributed by atoms with Gasteiger partial charge in [0.2, 0.25) is 5.91 Å². The number of carbonyl (C=O) groups is 2. The second-order valence-corrected chi connectivity index (χ2v) is 9.91. The van der Waals surface area contributed by atoms with Gasteiger partial charge in [0.1, 0.15) is 5.01 Å². The van der Waals surface area contributed by atoms with E-state index in [1.807, 2.05) is 61.5 Å². The maximum absolute atomic E-state index is 12.8. The van der Waals surface area contributed by atoms with E-state index in [4.69, 9.17) is 4.98 Å². The number of hydrogen-bond acceptors (Lipinski definition) is 6. The number of benzene rings is 2. The number of aryl methyl sites for hydroxylation is 2. The van der Waals surface area contributed by atoms with E-state index in [2.05, 4.69) is 26.8 Å². The second-order valence-electron chi connectivity index (χ2n) is 8.83. The summed E-state index contributed by atoms with van der Waals surface area (Å²) >= 11 is 1.46. The molecule has 2 N–H and O–H groups in total. The number of aromatic nitrogens is 2. The summed E-state index contributed by atoms with van der Waals surface area (Å²) in [5, 5.41) is 0.800. The first-order chi connectivity index (χ1) is 17.6. The zero-order valence-corrected chi connectivity index (χ0v) is 20.8. The van der Waals surface area contributed by atoms with Gasteiger partial charge in [-0.15, -0.1) is 11.3 Å². The first-order valence-corrected chi connectivity index (χ1v) is 12.8. The van der Waals surface area contributed by atoms with Crippen molar-refractivity contribution in [2.45, 2.75) is 26.2 Å². The summed E-state index contributed by atoms with van der Waals surface area (Å²) in [6.07, 6.45) is 5.61. The fourth-order valence-electron chi connectivity index (χ4n) is 4.34. The fourth-order valence-corrected chi connectivity index (χ4v) is 5.41. The quantitative estimate of drug-likeness (QED) is 0.388. The number of pyridine rings is 1. The SMILES string of the molecule is Cc1ccc(-c2nc(-c3cccnc3)sc2CC(=O)NNC(=O)CN2CCCc3ccccc32)cc1. The van der Waals surface area contributed by atoms with E-state index in [-0.39, 0.29) is 24.8 Å². The molecule has 2 amide bonds. The molecular formula is C28H27N5O2S. The number of rotatable bonds is 6. The highest BCUT2D eigenvalue weighted by Gasteiger charge is 2.20. The highest BCUT2D eigenvalue weighted by atomic mass is 32.1. The van der Waals surface area contributed by atoms with E-state index < -0.39 is 0 Å². The number of hydrazine groups is 1. The monoisotopic (exact) mass is 497 g/mol. The van der Waals surface area contributed by atoms with E-state index in [1.165, 1.54) is 16.9 Å². The van der Waals surface area contributed by atoms with Crippen molar-refractivity contribution in [2.75, 3.05) is 18.0 Å². The molecule has 0 bridgehead atoms. The minimum Gasteiger partial charge on any atom is -0.362 e. The number of hydrogen-bond donors (Lipinski definition) is 2. The number of para-hydroxylation sites is 1. The average Bonchev–Trinajstić information content (AvgIpc) is 3.32. The number of anilines is 1. The molecule has 0 radical (unpaired) electrons. The third-order valence-electron chi connectivity index (χ3n) is 6.13. The maximum atomic E-state index is 12.8. The molecular weight excluding hydrogens is 470 g/mol. The molecule has 0 atom stereocenters. The standard InChI is InChI=1S/C28H27N5O2S/c1-19-10-12-21(13-11-19)27-24(36-28(30-27)22-7-4-14-29-17-22)16-25(34)31-32-26(35)18-33-15-5-8-20-6-2-3-9-23(20)33/h2-4,6-7,9-14,17H,5,8,15-16,18H2,1H3,(H,31,34)(H,32,35). The van der Waals surface area contributed by atoms with Gasteiger partial charge >= 0.3 is 0 Å². The van der Waals surface area contributed by atoms with Crippen LogP contribution in [-0.2, 0) is 22.4 Å². The fraction of sp³-hybridized carbons (Fsp3) is 0.214. The summed E-state index contributed by atoms with van der Waals surface area (Å²) in [5.41, 5.74) is 11.3. The largest absolute Gasteiger partial charge is 0.362 e. The van der Waals surface area contributed by atoms with Crippen molar-refractivity contribution in [3.8, 4) is 21.8 Å². The van der Waals surface area contributed by atoms with Crippen LogP contribution in [0.15, 0.2) is 73.1 Å². The zero-order valence-electron chi connectivity index (χ0n) is 20.0. The molecule has 1 aliphatic heterocycles. The van der Waals surface area contributed by atoms with Crippen LogP contribution in [0.25, 0.3) is 21.8 Å². The van der Waals surface area contributed by atoms with Gasteiger partial charge in [-0.1, -0.05) is 48.0 Å². The smallest absolute Gasteiger partial charge is 0.257 e. The summed E-state index contributed by atoms with van der Waals surface area (Å²) in [6, 6.07) is 20.0. The first kappa shape index (κ1) is 23.7. The second kappa shape index (κ2) is 10.7. The van der Waals surface area contributed by atoms with Crippen LogP contribution >= 0.6 is 11.3 Å². The average molecular weight is 498 g/mol. The molecule has 5 rings (SSSR count). The van der Waals surface area contributed by atoms with Gasteiger partial charge in [-0.3, -0.25) is 25.4 Å². The number of nitrogens with zero attached hydrogens (tertiary/aromatic N) is 3. The molecule has 3 heterocycles. The molecule has 2 aromatic carbocycles. The van der Waals surface area contributed by atoms with Crippen LogP contribution in [0.5, 0.6) is 0 Å². The highest BCUT2D eigenvalue weighted by molar-refractivity contribution is 7.15. The van der Waals surface area contributed by atoms with Gasteiger partial charge in [-0.25, -0.2) is 4.98 Å². The molecule has 0 fully saturated rings. The maximum Gasteiger partial charge on any atom is 0.257 e. The first-order valence-electron chi connectivity index (χ1n) is 11.9. The van der Waals surface area contributed by atoms with Gasteiger partial charge < -0.3 is 4.90 Å². The van der Waals surface area contributed by atoms with Gasteiger partial charge in [0, 0.05) is 40.6 Å². The molecule has 0 saturated carbocycles. The van der Waals surface area contributed by atoms with Crippen LogP contribution in [0.3, 0.4) is 0 Å². The normalized spacial score (nSPS) is 12.6. The lowest BCUT2D eigenvalue weighted by molar-refractivity contribution is -0.127. The van der Waals surface area contributed by atoms with Crippen LogP contribution in [0, 0.1) is 6.92 Å². The summed E-state index contributed by atoms with van der Waals surface area (Å²) in [7, 11) is 0. The number of amides is 2. The van der Waals surface area contributed by atoms with Crippen molar-refractivity contribution >= 4 is 28.8 Å². The number of nitrogens with one attached hydrogen (secondary N) is 2. The molecule has 0 spiro atoms. The minimum atomic E-state index is -0.294. The summed E-state index contributed by atoms with van der Waals surface area (Å²) in [5.74, 6) is -0.545. The van der Waals surface area contributed by atoms with Gasteiger partial charge in [-0.05, 0) is 43.5 Å². The van der Waals surface area contributed by atoms with Crippen molar-refractivity contribution < 1.29 is 9.59 Å². The Morgan fingerprint density at radius 1 is 0.972 bits per heavy atom. The molecule has 4 aromatic rings. The molecule has 7 nitrogen and oxygen atoms in total. The minimum absolute atomic E-state index is 0.105. The number of fused-ring (bicyclic) bond motifs is 1. The van der Waals surface area contributed by atoms with Crippen LogP contribution < -0.4 is 15.8 Å². The highest BCUT2D eigenvalue weighted by Crippen LogP contribution is 2.34. The van der Waals surface area contributed by atoms with Gasteiger partial charge in [0.05, 0.1) is 18.7 Å². The Kier molecular flexibility index (Phi) is 7.04. The van der Waals surface area contributed by atoms with Crippen LogP contribution in [0.1, 0.15) is 22.4 Å². The van der Waals surface area contributed by atoms with E-state index in [0.717, 1.165) is 57.3 Å². The number of carbonyl (C=O) groups excluding carboxylic acids is 2. The molecule has 2 aromatic heterocycles.